The molecule has 140 valence electrons. The molecule has 7 nitrogen and oxygen atoms in total. The van der Waals surface area contributed by atoms with E-state index in [0.29, 0.717) is 29.7 Å². The zero-order valence-electron chi connectivity index (χ0n) is 15.0. The van der Waals surface area contributed by atoms with E-state index in [2.05, 4.69) is 5.32 Å². The number of benzene rings is 1. The minimum atomic E-state index is -0.833. The highest BCUT2D eigenvalue weighted by atomic mass is 16.5. The van der Waals surface area contributed by atoms with Crippen LogP contribution in [0.15, 0.2) is 28.7 Å². The second kappa shape index (κ2) is 10.0. The predicted molar refractivity (Wildman–Crippen MR) is 94.8 cm³/mol. The normalized spacial score (nSPS) is 13.2. The van der Waals surface area contributed by atoms with E-state index in [1.807, 2.05) is 26.0 Å². The molecule has 0 bridgehead atoms. The van der Waals surface area contributed by atoms with Gasteiger partial charge in [-0.05, 0) is 19.1 Å². The van der Waals surface area contributed by atoms with Gasteiger partial charge in [0.1, 0.15) is 24.6 Å². The van der Waals surface area contributed by atoms with E-state index >= 15 is 0 Å². The average molecular weight is 353 g/mol. The summed E-state index contributed by atoms with van der Waals surface area (Å²) in [5.41, 5.74) is 0.595. The second-order valence-electron chi connectivity index (χ2n) is 6.05. The number of ether oxygens (including phenoxy) is 1. The van der Waals surface area contributed by atoms with E-state index < -0.39 is 18.2 Å². The Bertz CT molecular complexity index is 661. The Kier molecular flexibility index (Phi) is 8.40. The van der Waals surface area contributed by atoms with E-state index in [-0.39, 0.29) is 6.61 Å². The molecule has 1 aromatic heterocycles. The van der Waals surface area contributed by atoms with Crippen LogP contribution in [0.5, 0.6) is 5.75 Å². The number of para-hydroxylation sites is 1. The third kappa shape index (κ3) is 7.55. The van der Waals surface area contributed by atoms with Gasteiger partial charge in [-0.15, -0.1) is 0 Å². The van der Waals surface area contributed by atoms with Crippen LogP contribution in [0.3, 0.4) is 0 Å². The number of aliphatic hydroxyl groups is 2. The van der Waals surface area contributed by atoms with Crippen molar-refractivity contribution in [1.29, 1.82) is 0 Å². The molecule has 2 aromatic rings. The Labute approximate surface area is 147 Å². The lowest BCUT2D eigenvalue weighted by atomic mass is 10.2. The lowest BCUT2D eigenvalue weighted by Crippen LogP contribution is -2.35. The number of carbonyl (C=O) groups is 1. The summed E-state index contributed by atoms with van der Waals surface area (Å²) in [4.78, 5) is 9.00. The van der Waals surface area contributed by atoms with Crippen molar-refractivity contribution in [3.8, 4) is 5.75 Å². The van der Waals surface area contributed by atoms with Gasteiger partial charge in [-0.25, -0.2) is 0 Å². The SMILES string of the molecule is CC(=O)O.CC(C)NCC(O)COc1cccc2cc(C(C)O)oc12. The highest BCUT2D eigenvalue weighted by Crippen LogP contribution is 2.31. The number of hydrogen-bond acceptors (Lipinski definition) is 6. The average Bonchev–Trinajstić information content (AvgIpc) is 2.95. The van der Waals surface area contributed by atoms with Crippen molar-refractivity contribution >= 4 is 16.9 Å². The molecule has 0 fully saturated rings. The molecule has 0 aliphatic rings. The van der Waals surface area contributed by atoms with Gasteiger partial charge in [-0.1, -0.05) is 26.0 Å². The molecule has 1 aromatic carbocycles. The van der Waals surface area contributed by atoms with Gasteiger partial charge in [0.15, 0.2) is 11.3 Å². The molecular formula is C18H27NO6. The summed E-state index contributed by atoms with van der Waals surface area (Å²) >= 11 is 0. The van der Waals surface area contributed by atoms with Gasteiger partial charge in [-0.2, -0.15) is 0 Å². The first-order valence-electron chi connectivity index (χ1n) is 8.15. The van der Waals surface area contributed by atoms with Crippen molar-refractivity contribution in [2.75, 3.05) is 13.2 Å². The van der Waals surface area contributed by atoms with E-state index in [1.165, 1.54) is 0 Å². The third-order valence-corrected chi connectivity index (χ3v) is 3.13. The molecule has 0 radical (unpaired) electrons. The number of carboxylic acids is 1. The molecule has 7 heteroatoms. The molecular weight excluding hydrogens is 326 g/mol. The van der Waals surface area contributed by atoms with Crippen LogP contribution in [0, 0.1) is 0 Å². The standard InChI is InChI=1S/C16H23NO4.C2H4O2/c1-10(2)17-8-13(19)9-20-14-6-4-5-12-7-15(11(3)18)21-16(12)14;1-2(3)4/h4-7,10-11,13,17-19H,8-9H2,1-3H3;1H3,(H,3,4). The van der Waals surface area contributed by atoms with Crippen LogP contribution in [0.2, 0.25) is 0 Å². The largest absolute Gasteiger partial charge is 0.487 e. The first-order valence-corrected chi connectivity index (χ1v) is 8.15. The van der Waals surface area contributed by atoms with Crippen LogP contribution < -0.4 is 10.1 Å². The number of nitrogens with one attached hydrogen (secondary N) is 1. The number of aliphatic carboxylic acids is 1. The van der Waals surface area contributed by atoms with Crippen LogP contribution in [0.25, 0.3) is 11.0 Å². The maximum atomic E-state index is 9.87. The van der Waals surface area contributed by atoms with E-state index in [9.17, 15) is 10.2 Å². The first kappa shape index (κ1) is 21.0. The van der Waals surface area contributed by atoms with Crippen molar-refractivity contribution in [2.24, 2.45) is 0 Å². The topological polar surface area (TPSA) is 112 Å². The van der Waals surface area contributed by atoms with Crippen molar-refractivity contribution in [3.63, 3.8) is 0 Å². The van der Waals surface area contributed by atoms with Crippen molar-refractivity contribution < 1.29 is 29.3 Å². The highest BCUT2D eigenvalue weighted by Gasteiger charge is 2.13. The van der Waals surface area contributed by atoms with Crippen LogP contribution in [-0.2, 0) is 4.79 Å². The molecule has 0 amide bonds. The van der Waals surface area contributed by atoms with Crippen LogP contribution in [-0.4, -0.2) is 46.6 Å². The maximum Gasteiger partial charge on any atom is 0.300 e. The zero-order chi connectivity index (χ0) is 19.0. The lowest BCUT2D eigenvalue weighted by Gasteiger charge is -2.15. The molecule has 4 N–H and O–H groups in total. The summed E-state index contributed by atoms with van der Waals surface area (Å²) < 4.78 is 11.3. The Hall–Kier alpha value is -2.09. The van der Waals surface area contributed by atoms with Gasteiger partial charge >= 0.3 is 0 Å². The van der Waals surface area contributed by atoms with Crippen LogP contribution in [0.1, 0.15) is 39.6 Å². The number of aliphatic hydroxyl groups excluding tert-OH is 2. The lowest BCUT2D eigenvalue weighted by molar-refractivity contribution is -0.134. The van der Waals surface area contributed by atoms with Crippen LogP contribution in [0.4, 0.5) is 0 Å². The van der Waals surface area contributed by atoms with E-state index in [4.69, 9.17) is 19.1 Å². The maximum absolute atomic E-state index is 9.87. The molecule has 0 saturated heterocycles. The number of rotatable bonds is 7. The van der Waals surface area contributed by atoms with Gasteiger partial charge in [0.05, 0.1) is 0 Å². The molecule has 2 unspecified atom stereocenters. The Morgan fingerprint density at radius 3 is 2.48 bits per heavy atom. The Morgan fingerprint density at radius 1 is 1.28 bits per heavy atom. The molecule has 1 heterocycles. The second-order valence-corrected chi connectivity index (χ2v) is 6.05. The van der Waals surface area contributed by atoms with Gasteiger partial charge in [-0.3, -0.25) is 4.79 Å². The fourth-order valence-corrected chi connectivity index (χ4v) is 1.99. The van der Waals surface area contributed by atoms with Crippen molar-refractivity contribution in [2.45, 2.75) is 45.9 Å². The summed E-state index contributed by atoms with van der Waals surface area (Å²) in [6.07, 6.45) is -1.25. The molecule has 2 rings (SSSR count). The third-order valence-electron chi connectivity index (χ3n) is 3.13. The van der Waals surface area contributed by atoms with Gasteiger partial charge < -0.3 is 29.8 Å². The molecule has 25 heavy (non-hydrogen) atoms. The molecule has 2 atom stereocenters. The highest BCUT2D eigenvalue weighted by molar-refractivity contribution is 5.83. The van der Waals surface area contributed by atoms with Gasteiger partial charge in [0.25, 0.3) is 5.97 Å². The summed E-state index contributed by atoms with van der Waals surface area (Å²) in [6.45, 7) is 7.44. The van der Waals surface area contributed by atoms with Crippen LogP contribution >= 0.6 is 0 Å². The molecule has 0 aliphatic heterocycles. The molecule has 0 spiro atoms. The van der Waals surface area contributed by atoms with E-state index in [1.54, 1.807) is 19.1 Å². The Balaban J connectivity index is 0.000000705. The fourth-order valence-electron chi connectivity index (χ4n) is 1.99. The summed E-state index contributed by atoms with van der Waals surface area (Å²) in [6, 6.07) is 7.66. The number of furan rings is 1. The van der Waals surface area contributed by atoms with Crippen molar-refractivity contribution in [3.05, 3.63) is 30.0 Å². The monoisotopic (exact) mass is 353 g/mol. The minimum absolute atomic E-state index is 0.184. The molecule has 0 saturated carbocycles. The summed E-state index contributed by atoms with van der Waals surface area (Å²) in [5.74, 6) is 0.242. The number of fused-ring (bicyclic) bond motifs is 1. The number of carboxylic acid groups (broad SMARTS) is 1. The minimum Gasteiger partial charge on any atom is -0.487 e. The quantitative estimate of drug-likeness (QED) is 0.604. The summed E-state index contributed by atoms with van der Waals surface area (Å²) in [7, 11) is 0. The molecule has 0 aliphatic carbocycles. The van der Waals surface area contributed by atoms with Crippen molar-refractivity contribution in [1.82, 2.24) is 5.32 Å². The smallest absolute Gasteiger partial charge is 0.300 e. The Morgan fingerprint density at radius 2 is 1.92 bits per heavy atom. The zero-order valence-corrected chi connectivity index (χ0v) is 15.0. The van der Waals surface area contributed by atoms with E-state index in [0.717, 1.165) is 12.3 Å². The summed E-state index contributed by atoms with van der Waals surface area (Å²) in [5, 5.41) is 30.9. The van der Waals surface area contributed by atoms with Gasteiger partial charge in [0.2, 0.25) is 0 Å². The first-order chi connectivity index (χ1) is 11.7. The fraction of sp³-hybridized carbons (Fsp3) is 0.500. The van der Waals surface area contributed by atoms with Gasteiger partial charge in [0, 0.05) is 24.9 Å². The predicted octanol–water partition coefficient (Wildman–Crippen LogP) is 2.31. The number of hydrogen-bond donors (Lipinski definition) is 4.